The number of hydrogen-bond acceptors (Lipinski definition) is 4. The van der Waals surface area contributed by atoms with E-state index in [2.05, 4.69) is 5.32 Å². The summed E-state index contributed by atoms with van der Waals surface area (Å²) in [6, 6.07) is 8.74. The molecule has 2 aromatic rings. The summed E-state index contributed by atoms with van der Waals surface area (Å²) in [5.74, 6) is 0.348. The molecule has 3 heterocycles. The third-order valence-electron chi connectivity index (χ3n) is 5.12. The number of rotatable bonds is 2. The maximum atomic E-state index is 13.7. The molecule has 3 atom stereocenters. The van der Waals surface area contributed by atoms with Crippen molar-refractivity contribution in [3.63, 3.8) is 0 Å². The van der Waals surface area contributed by atoms with Gasteiger partial charge in [0.05, 0.1) is 6.04 Å². The van der Waals surface area contributed by atoms with Gasteiger partial charge in [0.1, 0.15) is 11.6 Å². The monoisotopic (exact) mass is 342 g/mol. The molecule has 2 fully saturated rings. The summed E-state index contributed by atoms with van der Waals surface area (Å²) in [6.07, 6.45) is 0. The Hall–Kier alpha value is -2.47. The molecule has 1 aromatic heterocycles. The first-order valence-electron chi connectivity index (χ1n) is 8.42. The molecule has 1 amide bonds. The van der Waals surface area contributed by atoms with Gasteiger partial charge < -0.3 is 14.6 Å². The van der Waals surface area contributed by atoms with Crippen LogP contribution in [0.15, 0.2) is 45.6 Å². The normalized spacial score (nSPS) is 25.2. The zero-order chi connectivity index (χ0) is 17.6. The average molecular weight is 342 g/mol. The van der Waals surface area contributed by atoms with Crippen molar-refractivity contribution in [2.24, 2.45) is 11.8 Å². The summed E-state index contributed by atoms with van der Waals surface area (Å²) < 4.78 is 19.2. The molecule has 0 spiro atoms. The highest BCUT2D eigenvalue weighted by molar-refractivity contribution is 5.92. The van der Waals surface area contributed by atoms with Gasteiger partial charge in [-0.25, -0.2) is 4.39 Å². The van der Waals surface area contributed by atoms with Crippen LogP contribution < -0.4 is 10.7 Å². The summed E-state index contributed by atoms with van der Waals surface area (Å²) >= 11 is 0. The number of hydrogen-bond donors (Lipinski definition) is 1. The first-order valence-corrected chi connectivity index (χ1v) is 8.42. The third-order valence-corrected chi connectivity index (χ3v) is 5.12. The van der Waals surface area contributed by atoms with E-state index in [0.29, 0.717) is 18.2 Å². The van der Waals surface area contributed by atoms with Gasteiger partial charge in [-0.3, -0.25) is 9.59 Å². The Morgan fingerprint density at radius 2 is 2.12 bits per heavy atom. The van der Waals surface area contributed by atoms with Crippen LogP contribution in [0.3, 0.4) is 0 Å². The lowest BCUT2D eigenvalue weighted by Crippen LogP contribution is -2.35. The predicted octanol–water partition coefficient (Wildman–Crippen LogP) is 2.12. The number of benzene rings is 1. The molecule has 1 aromatic carbocycles. The number of carbonyl (C=O) groups excluding carboxylic acids is 1. The predicted molar refractivity (Wildman–Crippen MR) is 89.7 cm³/mol. The minimum Gasteiger partial charge on any atom is -0.456 e. The van der Waals surface area contributed by atoms with Crippen LogP contribution in [0.5, 0.6) is 0 Å². The zero-order valence-electron chi connectivity index (χ0n) is 13.9. The van der Waals surface area contributed by atoms with Crippen LogP contribution in [0.2, 0.25) is 0 Å². The third kappa shape index (κ3) is 2.87. The molecule has 5 nitrogen and oxygen atoms in total. The Labute approximate surface area is 144 Å². The van der Waals surface area contributed by atoms with Gasteiger partial charge in [-0.15, -0.1) is 0 Å². The van der Waals surface area contributed by atoms with E-state index < -0.39 is 0 Å². The molecule has 0 radical (unpaired) electrons. The number of aryl methyl sites for hydroxylation is 1. The number of carbonyl (C=O) groups is 1. The van der Waals surface area contributed by atoms with E-state index in [1.54, 1.807) is 17.9 Å². The van der Waals surface area contributed by atoms with E-state index in [1.807, 2.05) is 6.07 Å². The Balaban J connectivity index is 1.74. The van der Waals surface area contributed by atoms with Gasteiger partial charge in [-0.05, 0) is 30.5 Å². The van der Waals surface area contributed by atoms with Gasteiger partial charge in [0.15, 0.2) is 11.2 Å². The lowest BCUT2D eigenvalue weighted by Gasteiger charge is -2.28. The van der Waals surface area contributed by atoms with Crippen LogP contribution in [-0.2, 0) is 0 Å². The molecule has 2 aliphatic heterocycles. The zero-order valence-corrected chi connectivity index (χ0v) is 13.9. The van der Waals surface area contributed by atoms with Crippen LogP contribution in [0, 0.1) is 24.6 Å². The molecule has 2 saturated heterocycles. The van der Waals surface area contributed by atoms with E-state index in [-0.39, 0.29) is 34.9 Å². The summed E-state index contributed by atoms with van der Waals surface area (Å²) in [6.45, 7) is 3.83. The molecule has 6 heteroatoms. The number of nitrogens with zero attached hydrogens (tertiary/aromatic N) is 1. The van der Waals surface area contributed by atoms with Crippen LogP contribution >= 0.6 is 0 Å². The molecule has 130 valence electrons. The van der Waals surface area contributed by atoms with E-state index in [4.69, 9.17) is 4.42 Å². The molecular weight excluding hydrogens is 323 g/mol. The van der Waals surface area contributed by atoms with Gasteiger partial charge in [-0.1, -0.05) is 12.1 Å². The van der Waals surface area contributed by atoms with E-state index >= 15 is 0 Å². The minimum atomic E-state index is -0.318. The fourth-order valence-electron chi connectivity index (χ4n) is 4.10. The fourth-order valence-corrected chi connectivity index (χ4v) is 4.10. The van der Waals surface area contributed by atoms with Gasteiger partial charge in [0, 0.05) is 37.7 Å². The second kappa shape index (κ2) is 6.11. The average Bonchev–Trinajstić information content (AvgIpc) is 3.13. The second-order valence-electron chi connectivity index (χ2n) is 6.81. The van der Waals surface area contributed by atoms with Gasteiger partial charge in [0.2, 0.25) is 0 Å². The molecular formula is C19H19FN2O3. The summed E-state index contributed by atoms with van der Waals surface area (Å²) in [5, 5.41) is 3.35. The van der Waals surface area contributed by atoms with Crippen LogP contribution in [-0.4, -0.2) is 30.4 Å². The SMILES string of the molecule is Cc1cc(=O)cc(C(=O)N2C[C@@H]3CNC[C@@H]3[C@@H]2c2cccc(F)c2)o1. The fraction of sp³-hybridized carbons (Fsp3) is 0.368. The number of fused-ring (bicyclic) bond motifs is 1. The summed E-state index contributed by atoms with van der Waals surface area (Å²) in [5.41, 5.74) is 0.523. The minimum absolute atomic E-state index is 0.0411. The van der Waals surface area contributed by atoms with Crippen molar-refractivity contribution in [3.8, 4) is 0 Å². The standard InChI is InChI=1S/C19H19FN2O3/c1-11-5-15(23)7-17(25-11)19(24)22-10-13-8-21-9-16(13)18(22)12-3-2-4-14(20)6-12/h2-7,13,16,18,21H,8-10H2,1H3/t13-,16-,18-/m0/s1. The maximum Gasteiger partial charge on any atom is 0.290 e. The second-order valence-corrected chi connectivity index (χ2v) is 6.81. The van der Waals surface area contributed by atoms with Gasteiger partial charge >= 0.3 is 0 Å². The molecule has 0 saturated carbocycles. The molecule has 25 heavy (non-hydrogen) atoms. The Kier molecular flexibility index (Phi) is 3.92. The van der Waals surface area contributed by atoms with Crippen molar-refractivity contribution < 1.29 is 13.6 Å². The highest BCUT2D eigenvalue weighted by Crippen LogP contribution is 2.43. The van der Waals surface area contributed by atoms with E-state index in [9.17, 15) is 14.0 Å². The van der Waals surface area contributed by atoms with Crippen molar-refractivity contribution in [3.05, 3.63) is 69.5 Å². The highest BCUT2D eigenvalue weighted by Gasteiger charge is 2.47. The Bertz CT molecular complexity index is 879. The van der Waals surface area contributed by atoms with Crippen molar-refractivity contribution in [1.29, 1.82) is 0 Å². The largest absolute Gasteiger partial charge is 0.456 e. The molecule has 0 aliphatic carbocycles. The van der Waals surface area contributed by atoms with Crippen molar-refractivity contribution in [2.45, 2.75) is 13.0 Å². The number of amides is 1. The van der Waals surface area contributed by atoms with Crippen LogP contribution in [0.1, 0.15) is 27.9 Å². The first kappa shape index (κ1) is 16.0. The molecule has 1 N–H and O–H groups in total. The molecule has 4 rings (SSSR count). The molecule has 0 unspecified atom stereocenters. The lowest BCUT2D eigenvalue weighted by molar-refractivity contribution is 0.0676. The van der Waals surface area contributed by atoms with Gasteiger partial charge in [-0.2, -0.15) is 0 Å². The van der Waals surface area contributed by atoms with Gasteiger partial charge in [0.25, 0.3) is 5.91 Å². The topological polar surface area (TPSA) is 62.6 Å². The van der Waals surface area contributed by atoms with Crippen molar-refractivity contribution >= 4 is 5.91 Å². The van der Waals surface area contributed by atoms with E-state index in [1.165, 1.54) is 24.3 Å². The lowest BCUT2D eigenvalue weighted by atomic mass is 9.89. The number of likely N-dealkylation sites (tertiary alicyclic amines) is 1. The molecule has 0 bridgehead atoms. The maximum absolute atomic E-state index is 13.7. The summed E-state index contributed by atoms with van der Waals surface area (Å²) in [7, 11) is 0. The number of nitrogens with one attached hydrogen (secondary N) is 1. The van der Waals surface area contributed by atoms with E-state index in [0.717, 1.165) is 18.7 Å². The van der Waals surface area contributed by atoms with Crippen LogP contribution in [0.4, 0.5) is 4.39 Å². The first-order chi connectivity index (χ1) is 12.0. The van der Waals surface area contributed by atoms with Crippen molar-refractivity contribution in [1.82, 2.24) is 10.2 Å². The summed E-state index contributed by atoms with van der Waals surface area (Å²) in [4.78, 5) is 26.5. The highest BCUT2D eigenvalue weighted by atomic mass is 19.1. The number of halogens is 1. The Morgan fingerprint density at radius 1 is 1.28 bits per heavy atom. The molecule has 2 aliphatic rings. The van der Waals surface area contributed by atoms with Crippen molar-refractivity contribution in [2.75, 3.05) is 19.6 Å². The Morgan fingerprint density at radius 3 is 2.88 bits per heavy atom. The van der Waals surface area contributed by atoms with Crippen LogP contribution in [0.25, 0.3) is 0 Å². The smallest absolute Gasteiger partial charge is 0.290 e. The quantitative estimate of drug-likeness (QED) is 0.908.